The second-order valence-electron chi connectivity index (χ2n) is 14.3. The minimum Gasteiger partial charge on any atom is -0.618 e. The molecule has 1 N–H and O–H groups in total. The number of carbonyl (C=O) groups excluding carboxylic acids is 1. The molecule has 0 aliphatic carbocycles. The van der Waals surface area contributed by atoms with E-state index in [1.54, 1.807) is 19.1 Å². The summed E-state index contributed by atoms with van der Waals surface area (Å²) in [4.78, 5) is 17.6. The third-order valence-corrected chi connectivity index (χ3v) is 14.4. The number of anilines is 1. The van der Waals surface area contributed by atoms with Crippen molar-refractivity contribution in [2.75, 3.05) is 24.5 Å². The number of nitrogens with zero attached hydrogens (tertiary/aromatic N) is 4. The SMILES string of the molecule is Cc1cc[n+]([O-])c(C)c1C(=O)NCC[C@@H](C)N1CCC(N(Cc2cc(C#N)ccc2F)c2ccc(O[Si](C)(C)C(C)(C)C)cc2)CC1. The number of piperidine rings is 1. The van der Waals surface area contributed by atoms with Gasteiger partial charge in [0.05, 0.1) is 11.6 Å². The summed E-state index contributed by atoms with van der Waals surface area (Å²) in [7, 11) is -2.00. The van der Waals surface area contributed by atoms with Crippen molar-refractivity contribution in [2.24, 2.45) is 0 Å². The molecule has 1 atom stereocenters. The predicted octanol–water partition coefficient (Wildman–Crippen LogP) is 7.01. The maximum atomic E-state index is 15.0. The van der Waals surface area contributed by atoms with Crippen LogP contribution in [0, 0.1) is 36.2 Å². The first-order valence-corrected chi connectivity index (χ1v) is 19.5. The van der Waals surface area contributed by atoms with E-state index in [-0.39, 0.29) is 28.8 Å². The van der Waals surface area contributed by atoms with Crippen molar-refractivity contribution in [1.29, 1.82) is 5.26 Å². The summed E-state index contributed by atoms with van der Waals surface area (Å²) in [5.74, 6) is 0.310. The van der Waals surface area contributed by atoms with Crippen LogP contribution in [0.25, 0.3) is 0 Å². The Kier molecular flexibility index (Phi) is 11.4. The highest BCUT2D eigenvalue weighted by molar-refractivity contribution is 6.74. The quantitative estimate of drug-likeness (QED) is 0.135. The van der Waals surface area contributed by atoms with Crippen molar-refractivity contribution < 1.29 is 18.3 Å². The third kappa shape index (κ3) is 8.70. The van der Waals surface area contributed by atoms with Gasteiger partial charge in [0.25, 0.3) is 5.91 Å². The van der Waals surface area contributed by atoms with Crippen LogP contribution in [0.2, 0.25) is 18.1 Å². The second kappa shape index (κ2) is 14.9. The molecule has 1 aliphatic rings. The van der Waals surface area contributed by atoms with Gasteiger partial charge >= 0.3 is 0 Å². The number of halogens is 1. The second-order valence-corrected chi connectivity index (χ2v) is 19.1. The van der Waals surface area contributed by atoms with E-state index in [4.69, 9.17) is 4.43 Å². The maximum absolute atomic E-state index is 15.0. The smallest absolute Gasteiger partial charge is 0.257 e. The Hall–Kier alpha value is -3.94. The summed E-state index contributed by atoms with van der Waals surface area (Å²) >= 11 is 0. The average Bonchev–Trinajstić information content (AvgIpc) is 3.02. The van der Waals surface area contributed by atoms with Crippen molar-refractivity contribution >= 4 is 19.9 Å². The van der Waals surface area contributed by atoms with E-state index in [0.29, 0.717) is 35.5 Å². The fourth-order valence-electron chi connectivity index (χ4n) is 5.95. The van der Waals surface area contributed by atoms with Gasteiger partial charge in [-0.2, -0.15) is 9.99 Å². The standard InChI is InChI=1S/C37H50FN5O3Si/c1-26-16-22-43(45)28(3)35(26)36(44)40-19-15-27(2)41-20-17-32(18-21-41)42(25-30-23-29(24-39)9-14-34(30)38)31-10-12-33(13-11-31)46-47(7,8)37(4,5)6/h9-14,16,22-23,27,32H,15,17-21,25H2,1-8H3,(H,40,44)/t27-/m1/s1. The van der Waals surface area contributed by atoms with Gasteiger partial charge in [0, 0.05) is 62.5 Å². The highest BCUT2D eigenvalue weighted by Crippen LogP contribution is 2.38. The summed E-state index contributed by atoms with van der Waals surface area (Å²) in [6.07, 6.45) is 3.99. The molecule has 0 unspecified atom stereocenters. The lowest BCUT2D eigenvalue weighted by molar-refractivity contribution is -0.612. The van der Waals surface area contributed by atoms with Gasteiger partial charge in [0.15, 0.2) is 6.20 Å². The van der Waals surface area contributed by atoms with Crippen molar-refractivity contribution in [3.63, 3.8) is 0 Å². The zero-order chi connectivity index (χ0) is 34.5. The van der Waals surface area contributed by atoms with E-state index in [9.17, 15) is 15.3 Å². The zero-order valence-corrected chi connectivity index (χ0v) is 30.2. The molecule has 10 heteroatoms. The molecule has 0 saturated carbocycles. The molecular weight excluding hydrogens is 610 g/mol. The van der Waals surface area contributed by atoms with Crippen LogP contribution >= 0.6 is 0 Å². The number of hydrogen-bond donors (Lipinski definition) is 1. The molecule has 3 aromatic rings. The summed E-state index contributed by atoms with van der Waals surface area (Å²) in [6, 6.07) is 17.0. The first kappa shape index (κ1) is 35.9. The van der Waals surface area contributed by atoms with Crippen LogP contribution in [-0.2, 0) is 6.54 Å². The molecule has 1 aliphatic heterocycles. The lowest BCUT2D eigenvalue weighted by Gasteiger charge is -2.42. The predicted molar refractivity (Wildman–Crippen MR) is 187 cm³/mol. The summed E-state index contributed by atoms with van der Waals surface area (Å²) in [6.45, 7) is 19.4. The number of likely N-dealkylation sites (tertiary alicyclic amines) is 1. The van der Waals surface area contributed by atoms with Crippen molar-refractivity contribution in [1.82, 2.24) is 10.2 Å². The van der Waals surface area contributed by atoms with Crippen LogP contribution < -0.4 is 19.4 Å². The largest absolute Gasteiger partial charge is 0.618 e. The van der Waals surface area contributed by atoms with Crippen LogP contribution in [0.3, 0.4) is 0 Å². The number of nitrogens with one attached hydrogen (secondary N) is 1. The van der Waals surface area contributed by atoms with Crippen molar-refractivity contribution in [2.45, 2.75) is 97.6 Å². The topological polar surface area (TPSA) is 95.5 Å². The maximum Gasteiger partial charge on any atom is 0.257 e. The fourth-order valence-corrected chi connectivity index (χ4v) is 6.98. The Morgan fingerprint density at radius 1 is 1.17 bits per heavy atom. The van der Waals surface area contributed by atoms with E-state index in [1.807, 2.05) is 19.1 Å². The summed E-state index contributed by atoms with van der Waals surface area (Å²) in [5.41, 5.74) is 3.56. The molecule has 1 amide bonds. The normalized spacial score (nSPS) is 15.1. The molecule has 0 bridgehead atoms. The number of amides is 1. The molecular formula is C37H50FN5O3Si. The first-order chi connectivity index (χ1) is 22.1. The van der Waals surface area contributed by atoms with E-state index in [1.165, 1.54) is 18.3 Å². The number of aromatic nitrogens is 1. The molecule has 1 fully saturated rings. The molecule has 1 aromatic heterocycles. The zero-order valence-electron chi connectivity index (χ0n) is 29.2. The number of hydrogen-bond acceptors (Lipinski definition) is 6. The van der Waals surface area contributed by atoms with Crippen LogP contribution in [0.1, 0.15) is 79.7 Å². The highest BCUT2D eigenvalue weighted by Gasteiger charge is 2.39. The molecule has 1 saturated heterocycles. The van der Waals surface area contributed by atoms with Crippen LogP contribution in [0.15, 0.2) is 54.7 Å². The number of rotatable bonds is 11. The van der Waals surface area contributed by atoms with Gasteiger partial charge in [-0.15, -0.1) is 0 Å². The van der Waals surface area contributed by atoms with Gasteiger partial charge in [-0.3, -0.25) is 4.79 Å². The molecule has 252 valence electrons. The highest BCUT2D eigenvalue weighted by atomic mass is 28.4. The van der Waals surface area contributed by atoms with Crippen LogP contribution in [-0.4, -0.2) is 50.8 Å². The van der Waals surface area contributed by atoms with E-state index in [0.717, 1.165) is 54.1 Å². The number of carbonyl (C=O) groups is 1. The number of nitriles is 1. The Morgan fingerprint density at radius 3 is 2.45 bits per heavy atom. The van der Waals surface area contributed by atoms with Crippen LogP contribution in [0.5, 0.6) is 5.75 Å². The molecule has 47 heavy (non-hydrogen) atoms. The summed E-state index contributed by atoms with van der Waals surface area (Å²) < 4.78 is 22.3. The minimum absolute atomic E-state index is 0.0819. The van der Waals surface area contributed by atoms with Crippen molar-refractivity contribution in [3.05, 3.63) is 93.7 Å². The monoisotopic (exact) mass is 659 g/mol. The molecule has 0 radical (unpaired) electrons. The Morgan fingerprint density at radius 2 is 1.83 bits per heavy atom. The first-order valence-electron chi connectivity index (χ1n) is 16.6. The molecule has 2 heterocycles. The lowest BCUT2D eigenvalue weighted by atomic mass is 9.99. The van der Waals surface area contributed by atoms with Gasteiger partial charge < -0.3 is 24.7 Å². The average molecular weight is 660 g/mol. The molecule has 0 spiro atoms. The molecule has 2 aromatic carbocycles. The van der Waals surface area contributed by atoms with E-state index < -0.39 is 8.32 Å². The van der Waals surface area contributed by atoms with Gasteiger partial charge in [-0.25, -0.2) is 4.39 Å². The number of pyridine rings is 1. The Balaban J connectivity index is 1.43. The Bertz CT molecular complexity index is 1590. The van der Waals surface area contributed by atoms with Crippen LogP contribution in [0.4, 0.5) is 10.1 Å². The molecule has 8 nitrogen and oxygen atoms in total. The third-order valence-electron chi connectivity index (χ3n) is 10.0. The van der Waals surface area contributed by atoms with E-state index in [2.05, 4.69) is 74.1 Å². The van der Waals surface area contributed by atoms with Gasteiger partial charge in [0.1, 0.15) is 17.1 Å². The number of benzene rings is 2. The summed E-state index contributed by atoms with van der Waals surface area (Å²) in [5, 5.41) is 24.5. The van der Waals surface area contributed by atoms with Gasteiger partial charge in [-0.05, 0) is 99.3 Å². The Labute approximate surface area is 280 Å². The van der Waals surface area contributed by atoms with Gasteiger partial charge in [-0.1, -0.05) is 20.8 Å². The molecule has 4 rings (SSSR count). The fraction of sp³-hybridized carbons (Fsp3) is 0.486. The minimum atomic E-state index is -2.00. The van der Waals surface area contributed by atoms with Crippen molar-refractivity contribution in [3.8, 4) is 11.8 Å². The number of aryl methyl sites for hydroxylation is 1. The van der Waals surface area contributed by atoms with E-state index >= 15 is 4.39 Å². The lowest BCUT2D eigenvalue weighted by Crippen LogP contribution is -2.48. The van der Waals surface area contributed by atoms with Gasteiger partial charge in [0.2, 0.25) is 14.0 Å².